The van der Waals surface area contributed by atoms with E-state index in [0.29, 0.717) is 23.0 Å². The molecule has 2 heteroatoms. The minimum Gasteiger partial charge on any atom is -0.382 e. The third kappa shape index (κ3) is 4.79. The first kappa shape index (κ1) is 14.7. The van der Waals surface area contributed by atoms with E-state index in [0.717, 1.165) is 45.3 Å². The van der Waals surface area contributed by atoms with Gasteiger partial charge in [-0.3, -0.25) is 4.79 Å². The Morgan fingerprint density at radius 3 is 2.65 bits per heavy atom. The lowest BCUT2D eigenvalue weighted by Gasteiger charge is -2.37. The summed E-state index contributed by atoms with van der Waals surface area (Å²) in [6, 6.07) is 0. The predicted molar refractivity (Wildman–Crippen MR) is 71.0 cm³/mol. The first-order chi connectivity index (χ1) is 7.95. The molecule has 1 aliphatic rings. The zero-order chi connectivity index (χ0) is 12.9. The first-order valence-corrected chi connectivity index (χ1v) is 7.05. The van der Waals surface area contributed by atoms with Crippen molar-refractivity contribution in [3.05, 3.63) is 0 Å². The fraction of sp³-hybridized carbons (Fsp3) is 0.933. The van der Waals surface area contributed by atoms with Crippen molar-refractivity contribution in [2.45, 2.75) is 59.8 Å². The zero-order valence-electron chi connectivity index (χ0n) is 11.9. The number of ketones is 1. The largest absolute Gasteiger partial charge is 0.382 e. The molecule has 0 aromatic rings. The quantitative estimate of drug-likeness (QED) is 0.683. The van der Waals surface area contributed by atoms with E-state index in [1.165, 1.54) is 0 Å². The molecule has 2 atom stereocenters. The van der Waals surface area contributed by atoms with Crippen LogP contribution in [0.1, 0.15) is 59.8 Å². The van der Waals surface area contributed by atoms with Crippen molar-refractivity contribution in [3.63, 3.8) is 0 Å². The Morgan fingerprint density at radius 1 is 1.35 bits per heavy atom. The summed E-state index contributed by atoms with van der Waals surface area (Å²) in [5.74, 6) is 1.49. The lowest BCUT2D eigenvalue weighted by molar-refractivity contribution is -0.126. The van der Waals surface area contributed by atoms with E-state index in [2.05, 4.69) is 20.8 Å². The summed E-state index contributed by atoms with van der Waals surface area (Å²) in [6.45, 7) is 10.5. The number of carbonyl (C=O) groups is 1. The van der Waals surface area contributed by atoms with Crippen molar-refractivity contribution in [3.8, 4) is 0 Å². The second-order valence-corrected chi connectivity index (χ2v) is 6.34. The van der Waals surface area contributed by atoms with Gasteiger partial charge in [0.2, 0.25) is 0 Å². The summed E-state index contributed by atoms with van der Waals surface area (Å²) < 4.78 is 5.34. The van der Waals surface area contributed by atoms with Gasteiger partial charge < -0.3 is 4.74 Å². The SMILES string of the molecule is CCOCCCC1CC(C(C)(C)C)CCC1=O. The maximum absolute atomic E-state index is 11.9. The van der Waals surface area contributed by atoms with Gasteiger partial charge in [0.25, 0.3) is 0 Å². The molecular weight excluding hydrogens is 212 g/mol. The highest BCUT2D eigenvalue weighted by atomic mass is 16.5. The van der Waals surface area contributed by atoms with Gasteiger partial charge in [0.1, 0.15) is 5.78 Å². The molecule has 0 spiro atoms. The summed E-state index contributed by atoms with van der Waals surface area (Å²) in [4.78, 5) is 11.9. The van der Waals surface area contributed by atoms with Gasteiger partial charge in [-0.25, -0.2) is 0 Å². The standard InChI is InChI=1S/C15H28O2/c1-5-17-10-6-7-12-11-13(15(2,3)4)8-9-14(12)16/h12-13H,5-11H2,1-4H3. The number of Topliss-reactive ketones (excluding diaryl/α,β-unsaturated/α-hetero) is 1. The summed E-state index contributed by atoms with van der Waals surface area (Å²) in [5.41, 5.74) is 0.346. The molecule has 0 heterocycles. The van der Waals surface area contributed by atoms with E-state index < -0.39 is 0 Å². The Labute approximate surface area is 106 Å². The van der Waals surface area contributed by atoms with Gasteiger partial charge in [0, 0.05) is 25.6 Å². The minimum absolute atomic E-state index is 0.299. The van der Waals surface area contributed by atoms with Gasteiger partial charge >= 0.3 is 0 Å². The van der Waals surface area contributed by atoms with Crippen molar-refractivity contribution in [1.82, 2.24) is 0 Å². The van der Waals surface area contributed by atoms with Gasteiger partial charge in [-0.15, -0.1) is 0 Å². The Balaban J connectivity index is 2.38. The van der Waals surface area contributed by atoms with Crippen LogP contribution in [0.4, 0.5) is 0 Å². The molecule has 1 aliphatic carbocycles. The van der Waals surface area contributed by atoms with E-state index >= 15 is 0 Å². The van der Waals surface area contributed by atoms with Gasteiger partial charge in [0.05, 0.1) is 0 Å². The van der Waals surface area contributed by atoms with Crippen LogP contribution in [0.15, 0.2) is 0 Å². The Morgan fingerprint density at radius 2 is 2.06 bits per heavy atom. The van der Waals surface area contributed by atoms with Gasteiger partial charge in [-0.1, -0.05) is 20.8 Å². The van der Waals surface area contributed by atoms with Crippen molar-refractivity contribution < 1.29 is 9.53 Å². The summed E-state index contributed by atoms with van der Waals surface area (Å²) in [5, 5.41) is 0. The first-order valence-electron chi connectivity index (χ1n) is 7.05. The van der Waals surface area contributed by atoms with E-state index in [9.17, 15) is 4.79 Å². The Bertz CT molecular complexity index is 240. The van der Waals surface area contributed by atoms with Gasteiger partial charge in [-0.2, -0.15) is 0 Å². The number of hydrogen-bond donors (Lipinski definition) is 0. The topological polar surface area (TPSA) is 26.3 Å². The highest BCUT2D eigenvalue weighted by Gasteiger charge is 2.34. The number of rotatable bonds is 5. The van der Waals surface area contributed by atoms with Crippen LogP contribution in [0.5, 0.6) is 0 Å². The van der Waals surface area contributed by atoms with Crippen LogP contribution in [0.25, 0.3) is 0 Å². The van der Waals surface area contributed by atoms with E-state index in [1.807, 2.05) is 6.92 Å². The maximum atomic E-state index is 11.9. The fourth-order valence-corrected chi connectivity index (χ4v) is 2.75. The summed E-state index contributed by atoms with van der Waals surface area (Å²) in [7, 11) is 0. The molecule has 0 saturated heterocycles. The van der Waals surface area contributed by atoms with Crippen LogP contribution >= 0.6 is 0 Å². The van der Waals surface area contributed by atoms with E-state index in [-0.39, 0.29) is 0 Å². The molecular formula is C15H28O2. The van der Waals surface area contributed by atoms with Gasteiger partial charge in [-0.05, 0) is 43.9 Å². The van der Waals surface area contributed by atoms with E-state index in [1.54, 1.807) is 0 Å². The molecule has 2 nitrogen and oxygen atoms in total. The van der Waals surface area contributed by atoms with Gasteiger partial charge in [0.15, 0.2) is 0 Å². The molecule has 100 valence electrons. The van der Waals surface area contributed by atoms with Crippen LogP contribution in [-0.4, -0.2) is 19.0 Å². The van der Waals surface area contributed by atoms with Crippen LogP contribution in [0, 0.1) is 17.3 Å². The average Bonchev–Trinajstić information content (AvgIpc) is 2.25. The molecule has 0 N–H and O–H groups in total. The molecule has 1 rings (SSSR count). The molecule has 2 unspecified atom stereocenters. The number of hydrogen-bond acceptors (Lipinski definition) is 2. The highest BCUT2D eigenvalue weighted by Crippen LogP contribution is 2.40. The zero-order valence-corrected chi connectivity index (χ0v) is 11.9. The van der Waals surface area contributed by atoms with Crippen molar-refractivity contribution in [2.24, 2.45) is 17.3 Å². The molecule has 0 bridgehead atoms. The predicted octanol–water partition coefficient (Wildman–Crippen LogP) is 3.83. The number of carbonyl (C=O) groups excluding carboxylic acids is 1. The average molecular weight is 240 g/mol. The molecule has 0 amide bonds. The van der Waals surface area contributed by atoms with Crippen LogP contribution in [-0.2, 0) is 9.53 Å². The fourth-order valence-electron chi connectivity index (χ4n) is 2.75. The second kappa shape index (κ2) is 6.53. The van der Waals surface area contributed by atoms with Crippen molar-refractivity contribution in [1.29, 1.82) is 0 Å². The molecule has 17 heavy (non-hydrogen) atoms. The Hall–Kier alpha value is -0.370. The second-order valence-electron chi connectivity index (χ2n) is 6.34. The molecule has 0 radical (unpaired) electrons. The summed E-state index contributed by atoms with van der Waals surface area (Å²) >= 11 is 0. The van der Waals surface area contributed by atoms with E-state index in [4.69, 9.17) is 4.74 Å². The smallest absolute Gasteiger partial charge is 0.135 e. The maximum Gasteiger partial charge on any atom is 0.135 e. The minimum atomic E-state index is 0.299. The van der Waals surface area contributed by atoms with Crippen LogP contribution < -0.4 is 0 Å². The molecule has 0 aromatic carbocycles. The normalized spacial score (nSPS) is 26.2. The molecule has 1 saturated carbocycles. The third-order valence-electron chi connectivity index (χ3n) is 4.03. The Kier molecular flexibility index (Phi) is 5.64. The molecule has 1 fully saturated rings. The molecule has 0 aromatic heterocycles. The van der Waals surface area contributed by atoms with Crippen molar-refractivity contribution in [2.75, 3.05) is 13.2 Å². The van der Waals surface area contributed by atoms with Crippen LogP contribution in [0.3, 0.4) is 0 Å². The van der Waals surface area contributed by atoms with Crippen molar-refractivity contribution >= 4 is 5.78 Å². The number of ether oxygens (including phenoxy) is 1. The van der Waals surface area contributed by atoms with Crippen LogP contribution in [0.2, 0.25) is 0 Å². The lowest BCUT2D eigenvalue weighted by atomic mass is 9.68. The monoisotopic (exact) mass is 240 g/mol. The summed E-state index contributed by atoms with van der Waals surface area (Å²) in [6.07, 6.45) is 5.02. The molecule has 0 aliphatic heterocycles. The highest BCUT2D eigenvalue weighted by molar-refractivity contribution is 5.81. The lowest BCUT2D eigenvalue weighted by Crippen LogP contribution is -2.32. The third-order valence-corrected chi connectivity index (χ3v) is 4.03.